The van der Waals surface area contributed by atoms with Gasteiger partial charge >= 0.3 is 0 Å². The zero-order valence-electron chi connectivity index (χ0n) is 10.8. The lowest BCUT2D eigenvalue weighted by Gasteiger charge is -2.15. The Hall–Kier alpha value is -2.04. The molecule has 0 spiro atoms. The van der Waals surface area contributed by atoms with Crippen molar-refractivity contribution in [3.63, 3.8) is 0 Å². The maximum Gasteiger partial charge on any atom is 0.222 e. The first-order chi connectivity index (χ1) is 8.72. The monoisotopic (exact) mass is 247 g/mol. The molecule has 0 aliphatic heterocycles. The van der Waals surface area contributed by atoms with Gasteiger partial charge in [-0.05, 0) is 18.1 Å². The predicted octanol–water partition coefficient (Wildman–Crippen LogP) is 2.81. The van der Waals surface area contributed by atoms with Gasteiger partial charge in [0.2, 0.25) is 5.88 Å². The Labute approximate surface area is 106 Å². The van der Waals surface area contributed by atoms with Gasteiger partial charge < -0.3 is 14.5 Å². The minimum absolute atomic E-state index is 0.278. The van der Waals surface area contributed by atoms with Gasteiger partial charge in [0.15, 0.2) is 0 Å². The molecule has 5 heteroatoms. The van der Waals surface area contributed by atoms with Crippen LogP contribution in [0.2, 0.25) is 0 Å². The van der Waals surface area contributed by atoms with Crippen molar-refractivity contribution in [2.24, 2.45) is 0 Å². The van der Waals surface area contributed by atoms with E-state index in [0.717, 1.165) is 17.1 Å². The Morgan fingerprint density at radius 1 is 1.39 bits per heavy atom. The van der Waals surface area contributed by atoms with Gasteiger partial charge in [-0.15, -0.1) is 0 Å². The van der Waals surface area contributed by atoms with E-state index in [1.165, 1.54) is 6.33 Å². The van der Waals surface area contributed by atoms with Crippen molar-refractivity contribution in [1.82, 2.24) is 9.97 Å². The molecule has 0 saturated heterocycles. The quantitative estimate of drug-likeness (QED) is 0.880. The maximum atomic E-state index is 5.70. The SMILES string of the molecule is CNc1ncnc(OCc2ccco2)c1C(C)C. The van der Waals surface area contributed by atoms with Crippen molar-refractivity contribution in [2.45, 2.75) is 26.4 Å². The summed E-state index contributed by atoms with van der Waals surface area (Å²) in [4.78, 5) is 8.39. The molecule has 0 aliphatic carbocycles. The van der Waals surface area contributed by atoms with Crippen molar-refractivity contribution in [2.75, 3.05) is 12.4 Å². The Bertz CT molecular complexity index is 495. The molecule has 0 saturated carbocycles. The van der Waals surface area contributed by atoms with Gasteiger partial charge in [-0.2, -0.15) is 0 Å². The fourth-order valence-electron chi connectivity index (χ4n) is 1.75. The summed E-state index contributed by atoms with van der Waals surface area (Å²) in [5.74, 6) is 2.45. The molecule has 0 radical (unpaired) electrons. The molecule has 18 heavy (non-hydrogen) atoms. The fourth-order valence-corrected chi connectivity index (χ4v) is 1.75. The van der Waals surface area contributed by atoms with Crippen LogP contribution in [0.5, 0.6) is 5.88 Å². The van der Waals surface area contributed by atoms with Crippen LogP contribution in [0.3, 0.4) is 0 Å². The minimum atomic E-state index is 0.278. The molecule has 2 aromatic rings. The second-order valence-corrected chi connectivity index (χ2v) is 4.21. The number of ether oxygens (including phenoxy) is 1. The molecule has 5 nitrogen and oxygen atoms in total. The number of anilines is 1. The molecule has 0 aromatic carbocycles. The van der Waals surface area contributed by atoms with E-state index in [2.05, 4.69) is 29.1 Å². The Kier molecular flexibility index (Phi) is 3.82. The van der Waals surface area contributed by atoms with Crippen molar-refractivity contribution in [1.29, 1.82) is 0 Å². The van der Waals surface area contributed by atoms with E-state index in [1.807, 2.05) is 19.2 Å². The van der Waals surface area contributed by atoms with E-state index in [4.69, 9.17) is 9.15 Å². The highest BCUT2D eigenvalue weighted by Gasteiger charge is 2.15. The summed E-state index contributed by atoms with van der Waals surface area (Å²) in [6.07, 6.45) is 3.12. The molecule has 0 bridgehead atoms. The number of nitrogens with zero attached hydrogens (tertiary/aromatic N) is 2. The van der Waals surface area contributed by atoms with Gasteiger partial charge in [0.1, 0.15) is 24.5 Å². The van der Waals surface area contributed by atoms with E-state index < -0.39 is 0 Å². The van der Waals surface area contributed by atoms with E-state index in [0.29, 0.717) is 12.5 Å². The van der Waals surface area contributed by atoms with Gasteiger partial charge in [-0.25, -0.2) is 9.97 Å². The first-order valence-electron chi connectivity index (χ1n) is 5.90. The third-order valence-corrected chi connectivity index (χ3v) is 2.59. The van der Waals surface area contributed by atoms with E-state index >= 15 is 0 Å². The summed E-state index contributed by atoms with van der Waals surface area (Å²) in [6, 6.07) is 3.70. The molecule has 0 atom stereocenters. The van der Waals surface area contributed by atoms with Crippen molar-refractivity contribution >= 4 is 5.82 Å². The topological polar surface area (TPSA) is 60.2 Å². The standard InChI is InChI=1S/C13H17N3O2/c1-9(2)11-12(14-3)15-8-16-13(11)18-7-10-5-4-6-17-10/h4-6,8-9H,7H2,1-3H3,(H,14,15,16). The molecule has 2 aromatic heterocycles. The highest BCUT2D eigenvalue weighted by molar-refractivity contribution is 5.50. The molecule has 0 unspecified atom stereocenters. The number of nitrogens with one attached hydrogen (secondary N) is 1. The molecule has 0 amide bonds. The average Bonchev–Trinajstić information content (AvgIpc) is 2.88. The third-order valence-electron chi connectivity index (χ3n) is 2.59. The van der Waals surface area contributed by atoms with Crippen LogP contribution in [0.25, 0.3) is 0 Å². The number of hydrogen-bond acceptors (Lipinski definition) is 5. The summed E-state index contributed by atoms with van der Waals surface area (Å²) in [7, 11) is 1.84. The van der Waals surface area contributed by atoms with Crippen LogP contribution >= 0.6 is 0 Å². The molecule has 0 fully saturated rings. The zero-order valence-corrected chi connectivity index (χ0v) is 10.8. The number of rotatable bonds is 5. The molecule has 96 valence electrons. The Morgan fingerprint density at radius 3 is 2.83 bits per heavy atom. The highest BCUT2D eigenvalue weighted by atomic mass is 16.5. The normalized spacial score (nSPS) is 10.7. The maximum absolute atomic E-state index is 5.70. The van der Waals surface area contributed by atoms with Gasteiger partial charge in [-0.1, -0.05) is 13.8 Å². The molecule has 2 heterocycles. The second kappa shape index (κ2) is 5.53. The Balaban J connectivity index is 2.21. The van der Waals surface area contributed by atoms with Crippen LogP contribution in [0.4, 0.5) is 5.82 Å². The summed E-state index contributed by atoms with van der Waals surface area (Å²) in [6.45, 7) is 4.53. The van der Waals surface area contributed by atoms with Crippen LogP contribution in [-0.2, 0) is 6.61 Å². The van der Waals surface area contributed by atoms with Crippen LogP contribution in [0.15, 0.2) is 29.1 Å². The highest BCUT2D eigenvalue weighted by Crippen LogP contribution is 2.30. The van der Waals surface area contributed by atoms with Gasteiger partial charge in [-0.3, -0.25) is 0 Å². The third kappa shape index (κ3) is 2.61. The predicted molar refractivity (Wildman–Crippen MR) is 68.7 cm³/mol. The summed E-state index contributed by atoms with van der Waals surface area (Å²) < 4.78 is 10.9. The molecular weight excluding hydrogens is 230 g/mol. The van der Waals surface area contributed by atoms with E-state index in [1.54, 1.807) is 6.26 Å². The average molecular weight is 247 g/mol. The van der Waals surface area contributed by atoms with Gasteiger partial charge in [0, 0.05) is 7.05 Å². The number of hydrogen-bond donors (Lipinski definition) is 1. The lowest BCUT2D eigenvalue weighted by molar-refractivity contribution is 0.256. The largest absolute Gasteiger partial charge is 0.469 e. The van der Waals surface area contributed by atoms with E-state index in [9.17, 15) is 0 Å². The lowest BCUT2D eigenvalue weighted by Crippen LogP contribution is -2.06. The molecule has 1 N–H and O–H groups in total. The zero-order chi connectivity index (χ0) is 13.0. The van der Waals surface area contributed by atoms with Crippen molar-refractivity contribution in [3.8, 4) is 5.88 Å². The van der Waals surface area contributed by atoms with E-state index in [-0.39, 0.29) is 5.92 Å². The van der Waals surface area contributed by atoms with Crippen LogP contribution in [0.1, 0.15) is 31.1 Å². The first-order valence-corrected chi connectivity index (χ1v) is 5.90. The van der Waals surface area contributed by atoms with Crippen molar-refractivity contribution in [3.05, 3.63) is 36.0 Å². The smallest absolute Gasteiger partial charge is 0.222 e. The van der Waals surface area contributed by atoms with Crippen LogP contribution < -0.4 is 10.1 Å². The lowest BCUT2D eigenvalue weighted by atomic mass is 10.1. The summed E-state index contributed by atoms with van der Waals surface area (Å²) in [5, 5.41) is 3.06. The van der Waals surface area contributed by atoms with Gasteiger partial charge in [0.25, 0.3) is 0 Å². The van der Waals surface area contributed by atoms with Crippen molar-refractivity contribution < 1.29 is 9.15 Å². The minimum Gasteiger partial charge on any atom is -0.469 e. The first kappa shape index (κ1) is 12.4. The van der Waals surface area contributed by atoms with Crippen LogP contribution in [0, 0.1) is 0 Å². The van der Waals surface area contributed by atoms with Crippen LogP contribution in [-0.4, -0.2) is 17.0 Å². The summed E-state index contributed by atoms with van der Waals surface area (Å²) >= 11 is 0. The molecule has 2 rings (SSSR count). The molecule has 0 aliphatic rings. The number of furan rings is 1. The van der Waals surface area contributed by atoms with Gasteiger partial charge in [0.05, 0.1) is 11.8 Å². The number of aromatic nitrogens is 2. The summed E-state index contributed by atoms with van der Waals surface area (Å²) in [5.41, 5.74) is 0.978. The molecular formula is C13H17N3O2. The Morgan fingerprint density at radius 2 is 2.22 bits per heavy atom. The fraction of sp³-hybridized carbons (Fsp3) is 0.385. The second-order valence-electron chi connectivity index (χ2n) is 4.21.